The zero-order valence-corrected chi connectivity index (χ0v) is 13.4. The van der Waals surface area contributed by atoms with Crippen molar-refractivity contribution >= 4 is 0 Å². The van der Waals surface area contributed by atoms with Crippen LogP contribution in [0.15, 0.2) is 0 Å². The van der Waals surface area contributed by atoms with E-state index in [1.54, 1.807) is 0 Å². The van der Waals surface area contributed by atoms with E-state index in [-0.39, 0.29) is 5.54 Å². The third-order valence-electron chi connectivity index (χ3n) is 6.25. The molecule has 0 aromatic rings. The minimum atomic E-state index is 0.258. The molecule has 3 rings (SSSR count). The van der Waals surface area contributed by atoms with Crippen LogP contribution >= 0.6 is 0 Å². The quantitative estimate of drug-likeness (QED) is 0.835. The van der Waals surface area contributed by atoms with Crippen molar-refractivity contribution in [2.45, 2.75) is 56.1 Å². The highest BCUT2D eigenvalue weighted by Gasteiger charge is 2.45. The number of rotatable bonds is 3. The maximum atomic E-state index is 6.29. The second-order valence-corrected chi connectivity index (χ2v) is 7.38. The van der Waals surface area contributed by atoms with Crippen molar-refractivity contribution in [3.05, 3.63) is 0 Å². The third-order valence-corrected chi connectivity index (χ3v) is 6.25. The molecule has 20 heavy (non-hydrogen) atoms. The Morgan fingerprint density at radius 2 is 2.00 bits per heavy atom. The molecule has 0 amide bonds. The number of fused-ring (bicyclic) bond motifs is 1. The average molecular weight is 280 g/mol. The Kier molecular flexibility index (Phi) is 4.37. The van der Waals surface area contributed by atoms with E-state index in [1.165, 1.54) is 64.7 Å². The number of hydrogen-bond donors (Lipinski definition) is 1. The summed E-state index contributed by atoms with van der Waals surface area (Å²) in [6.07, 6.45) is 8.01. The van der Waals surface area contributed by atoms with Crippen LogP contribution in [0.25, 0.3) is 0 Å². The van der Waals surface area contributed by atoms with Crippen LogP contribution < -0.4 is 5.73 Å². The van der Waals surface area contributed by atoms with Gasteiger partial charge in [0.05, 0.1) is 0 Å². The Balaban J connectivity index is 1.71. The van der Waals surface area contributed by atoms with Gasteiger partial charge < -0.3 is 15.5 Å². The Morgan fingerprint density at radius 3 is 2.75 bits per heavy atom. The molecule has 3 heterocycles. The second kappa shape index (κ2) is 5.91. The lowest BCUT2D eigenvalue weighted by Gasteiger charge is -2.52. The molecule has 0 saturated carbocycles. The molecular formula is C16H32N4. The van der Waals surface area contributed by atoms with Crippen molar-refractivity contribution < 1.29 is 0 Å². The Morgan fingerprint density at radius 1 is 1.20 bits per heavy atom. The largest absolute Gasteiger partial charge is 0.329 e. The van der Waals surface area contributed by atoms with Crippen molar-refractivity contribution in [3.63, 3.8) is 0 Å². The normalized spacial score (nSPS) is 40.2. The molecule has 4 nitrogen and oxygen atoms in total. The van der Waals surface area contributed by atoms with Gasteiger partial charge in [0.25, 0.3) is 0 Å². The van der Waals surface area contributed by atoms with Gasteiger partial charge in [0.15, 0.2) is 0 Å². The fourth-order valence-electron chi connectivity index (χ4n) is 4.81. The van der Waals surface area contributed by atoms with Crippen molar-refractivity contribution in [1.82, 2.24) is 14.7 Å². The predicted octanol–water partition coefficient (Wildman–Crippen LogP) is 0.968. The first-order valence-electron chi connectivity index (χ1n) is 8.50. The minimum absolute atomic E-state index is 0.258. The first-order valence-corrected chi connectivity index (χ1v) is 8.50. The van der Waals surface area contributed by atoms with E-state index < -0.39 is 0 Å². The van der Waals surface area contributed by atoms with Gasteiger partial charge in [-0.1, -0.05) is 0 Å². The van der Waals surface area contributed by atoms with Gasteiger partial charge in [0.2, 0.25) is 0 Å². The van der Waals surface area contributed by atoms with Gasteiger partial charge in [-0.3, -0.25) is 4.90 Å². The summed E-state index contributed by atoms with van der Waals surface area (Å²) in [6.45, 7) is 5.88. The van der Waals surface area contributed by atoms with Gasteiger partial charge >= 0.3 is 0 Å². The summed E-state index contributed by atoms with van der Waals surface area (Å²) >= 11 is 0. The van der Waals surface area contributed by atoms with Gasteiger partial charge in [0, 0.05) is 37.3 Å². The highest BCUT2D eigenvalue weighted by molar-refractivity contribution is 5.03. The van der Waals surface area contributed by atoms with E-state index in [0.717, 1.165) is 12.6 Å². The number of likely N-dealkylation sites (N-methyl/N-ethyl adjacent to an activating group) is 2. The fourth-order valence-corrected chi connectivity index (χ4v) is 4.81. The lowest BCUT2D eigenvalue weighted by Crippen LogP contribution is -2.64. The molecule has 2 N–H and O–H groups in total. The van der Waals surface area contributed by atoms with E-state index in [4.69, 9.17) is 5.73 Å². The monoisotopic (exact) mass is 280 g/mol. The van der Waals surface area contributed by atoms with Crippen LogP contribution in [0.5, 0.6) is 0 Å². The van der Waals surface area contributed by atoms with Crippen LogP contribution in [-0.2, 0) is 0 Å². The molecule has 0 radical (unpaired) electrons. The van der Waals surface area contributed by atoms with Crippen molar-refractivity contribution in [2.75, 3.05) is 46.8 Å². The van der Waals surface area contributed by atoms with E-state index >= 15 is 0 Å². The SMILES string of the molecule is CN1CCCC(N(C)C2(CN)CCN3CCCC3C2)C1. The van der Waals surface area contributed by atoms with Gasteiger partial charge in [-0.15, -0.1) is 0 Å². The standard InChI is InChI=1S/C16H32N4/c1-18-8-3-6-15(12-18)19(2)16(13-17)7-10-20-9-4-5-14(20)11-16/h14-15H,3-13,17H2,1-2H3. The summed E-state index contributed by atoms with van der Waals surface area (Å²) < 4.78 is 0. The molecule has 3 unspecified atom stereocenters. The highest BCUT2D eigenvalue weighted by Crippen LogP contribution is 2.37. The number of nitrogens with two attached hydrogens (primary N) is 1. The summed E-state index contributed by atoms with van der Waals surface area (Å²) in [5, 5.41) is 0. The Hall–Kier alpha value is -0.160. The maximum absolute atomic E-state index is 6.29. The lowest BCUT2D eigenvalue weighted by molar-refractivity contribution is -0.0164. The van der Waals surface area contributed by atoms with E-state index in [1.807, 2.05) is 0 Å². The summed E-state index contributed by atoms with van der Waals surface area (Å²) in [4.78, 5) is 7.87. The van der Waals surface area contributed by atoms with Crippen LogP contribution in [0.1, 0.15) is 38.5 Å². The Bertz CT molecular complexity index is 334. The number of piperidine rings is 2. The third kappa shape index (κ3) is 2.63. The molecule has 3 atom stereocenters. The van der Waals surface area contributed by atoms with Crippen LogP contribution in [0.4, 0.5) is 0 Å². The molecule has 116 valence electrons. The highest BCUT2D eigenvalue weighted by atomic mass is 15.3. The Labute approximate surface area is 124 Å². The minimum Gasteiger partial charge on any atom is -0.329 e. The molecular weight excluding hydrogens is 248 g/mol. The molecule has 3 aliphatic rings. The predicted molar refractivity (Wildman–Crippen MR) is 83.9 cm³/mol. The summed E-state index contributed by atoms with van der Waals surface area (Å²) in [6, 6.07) is 1.50. The molecule has 0 spiro atoms. The van der Waals surface area contributed by atoms with Crippen molar-refractivity contribution in [2.24, 2.45) is 5.73 Å². The first-order chi connectivity index (χ1) is 9.64. The van der Waals surface area contributed by atoms with Crippen LogP contribution in [0.2, 0.25) is 0 Å². The van der Waals surface area contributed by atoms with Crippen LogP contribution in [-0.4, -0.2) is 79.1 Å². The average Bonchev–Trinajstić information content (AvgIpc) is 2.93. The number of nitrogens with zero attached hydrogens (tertiary/aromatic N) is 3. The molecule has 0 bridgehead atoms. The van der Waals surface area contributed by atoms with Gasteiger partial charge in [-0.2, -0.15) is 0 Å². The van der Waals surface area contributed by atoms with Gasteiger partial charge in [0.1, 0.15) is 0 Å². The molecule has 3 saturated heterocycles. The van der Waals surface area contributed by atoms with Crippen molar-refractivity contribution in [1.29, 1.82) is 0 Å². The number of hydrogen-bond acceptors (Lipinski definition) is 4. The van der Waals surface area contributed by atoms with Gasteiger partial charge in [-0.25, -0.2) is 0 Å². The summed E-state index contributed by atoms with van der Waals surface area (Å²) in [5.74, 6) is 0. The smallest absolute Gasteiger partial charge is 0.0359 e. The van der Waals surface area contributed by atoms with Crippen LogP contribution in [0, 0.1) is 0 Å². The number of likely N-dealkylation sites (tertiary alicyclic amines) is 1. The van der Waals surface area contributed by atoms with E-state index in [9.17, 15) is 0 Å². The first kappa shape index (κ1) is 14.8. The molecule has 4 heteroatoms. The molecule has 0 aliphatic carbocycles. The van der Waals surface area contributed by atoms with Crippen LogP contribution in [0.3, 0.4) is 0 Å². The lowest BCUT2D eigenvalue weighted by atomic mass is 9.80. The fraction of sp³-hybridized carbons (Fsp3) is 1.00. The molecule has 3 fully saturated rings. The zero-order valence-electron chi connectivity index (χ0n) is 13.4. The second-order valence-electron chi connectivity index (χ2n) is 7.38. The van der Waals surface area contributed by atoms with E-state index in [2.05, 4.69) is 28.8 Å². The zero-order chi connectivity index (χ0) is 14.2. The van der Waals surface area contributed by atoms with Crippen molar-refractivity contribution in [3.8, 4) is 0 Å². The van der Waals surface area contributed by atoms with E-state index in [0.29, 0.717) is 6.04 Å². The summed E-state index contributed by atoms with van der Waals surface area (Å²) in [5.41, 5.74) is 6.55. The summed E-state index contributed by atoms with van der Waals surface area (Å²) in [7, 11) is 4.61. The maximum Gasteiger partial charge on any atom is 0.0359 e. The molecule has 3 aliphatic heterocycles. The molecule has 0 aromatic heterocycles. The van der Waals surface area contributed by atoms with Gasteiger partial charge in [-0.05, 0) is 65.7 Å². The topological polar surface area (TPSA) is 35.7 Å². The molecule has 0 aromatic carbocycles.